The molecule has 2 rings (SSSR count). The zero-order valence-corrected chi connectivity index (χ0v) is 9.52. The molecule has 0 radical (unpaired) electrons. The Bertz CT molecular complexity index is 333. The van der Waals surface area contributed by atoms with Crippen molar-refractivity contribution in [2.24, 2.45) is 5.92 Å². The highest BCUT2D eigenvalue weighted by Gasteiger charge is 2.22. The molecule has 1 aromatic rings. The highest BCUT2D eigenvalue weighted by atomic mass is 35.5. The third kappa shape index (κ3) is 2.63. The van der Waals surface area contributed by atoms with Crippen molar-refractivity contribution < 1.29 is 4.39 Å². The summed E-state index contributed by atoms with van der Waals surface area (Å²) in [6, 6.07) is 5.06. The van der Waals surface area contributed by atoms with Gasteiger partial charge in [0.2, 0.25) is 0 Å². The summed E-state index contributed by atoms with van der Waals surface area (Å²) in [7, 11) is 0. The lowest BCUT2D eigenvalue weighted by atomic mass is 10.1. The molecular weight excluding hydrogens is 213 g/mol. The van der Waals surface area contributed by atoms with Crippen LogP contribution in [0.25, 0.3) is 0 Å². The Morgan fingerprint density at radius 3 is 2.73 bits per heavy atom. The van der Waals surface area contributed by atoms with E-state index in [1.54, 1.807) is 6.07 Å². The van der Waals surface area contributed by atoms with Gasteiger partial charge < -0.3 is 5.32 Å². The molecular formula is C12H15ClFN. The molecule has 1 N–H and O–H groups in total. The van der Waals surface area contributed by atoms with Crippen LogP contribution in [0.3, 0.4) is 0 Å². The maximum atomic E-state index is 13.1. The third-order valence-electron chi connectivity index (χ3n) is 3.08. The first-order valence-corrected chi connectivity index (χ1v) is 5.75. The first-order chi connectivity index (χ1) is 7.15. The number of hydrogen-bond donors (Lipinski definition) is 1. The van der Waals surface area contributed by atoms with Crippen LogP contribution in [0.2, 0.25) is 5.02 Å². The first-order valence-electron chi connectivity index (χ1n) is 5.38. The number of hydrogen-bond acceptors (Lipinski definition) is 1. The van der Waals surface area contributed by atoms with Crippen LogP contribution >= 0.6 is 11.6 Å². The summed E-state index contributed by atoms with van der Waals surface area (Å²) in [5.74, 6) is 0.377. The lowest BCUT2D eigenvalue weighted by Crippen LogP contribution is -2.21. The van der Waals surface area contributed by atoms with Crippen LogP contribution in [0.1, 0.15) is 26.2 Å². The summed E-state index contributed by atoms with van der Waals surface area (Å²) < 4.78 is 13.1. The smallest absolute Gasteiger partial charge is 0.126 e. The summed E-state index contributed by atoms with van der Waals surface area (Å²) in [6.07, 6.45) is 3.66. The van der Waals surface area contributed by atoms with Crippen LogP contribution < -0.4 is 5.32 Å². The van der Waals surface area contributed by atoms with E-state index in [-0.39, 0.29) is 5.82 Å². The molecule has 15 heavy (non-hydrogen) atoms. The van der Waals surface area contributed by atoms with Gasteiger partial charge in [0.15, 0.2) is 0 Å². The number of anilines is 1. The van der Waals surface area contributed by atoms with Gasteiger partial charge in [-0.25, -0.2) is 4.39 Å². The van der Waals surface area contributed by atoms with E-state index in [2.05, 4.69) is 12.2 Å². The van der Waals surface area contributed by atoms with Gasteiger partial charge in [0.25, 0.3) is 0 Å². The molecule has 2 unspecified atom stereocenters. The van der Waals surface area contributed by atoms with Gasteiger partial charge in [-0.3, -0.25) is 0 Å². The third-order valence-corrected chi connectivity index (χ3v) is 3.29. The summed E-state index contributed by atoms with van der Waals surface area (Å²) in [6.45, 7) is 2.23. The zero-order chi connectivity index (χ0) is 10.8. The second-order valence-corrected chi connectivity index (χ2v) is 4.75. The molecule has 3 heteroatoms. The number of rotatable bonds is 2. The Morgan fingerprint density at radius 2 is 2.13 bits per heavy atom. The van der Waals surface area contributed by atoms with Crippen LogP contribution in [0.15, 0.2) is 18.2 Å². The fourth-order valence-corrected chi connectivity index (χ4v) is 2.43. The molecule has 1 aliphatic rings. The van der Waals surface area contributed by atoms with E-state index in [0.717, 1.165) is 12.1 Å². The van der Waals surface area contributed by atoms with Crippen LogP contribution in [-0.2, 0) is 0 Å². The fraction of sp³-hybridized carbons (Fsp3) is 0.500. The lowest BCUT2D eigenvalue weighted by Gasteiger charge is -2.18. The Hall–Kier alpha value is -0.760. The van der Waals surface area contributed by atoms with E-state index < -0.39 is 0 Å². The highest BCUT2D eigenvalue weighted by Crippen LogP contribution is 2.29. The van der Waals surface area contributed by atoms with E-state index in [1.165, 1.54) is 25.0 Å². The van der Waals surface area contributed by atoms with Crippen LogP contribution in [0.4, 0.5) is 10.1 Å². The first kappa shape index (κ1) is 10.7. The van der Waals surface area contributed by atoms with Gasteiger partial charge >= 0.3 is 0 Å². The van der Waals surface area contributed by atoms with Crippen molar-refractivity contribution in [1.29, 1.82) is 0 Å². The minimum atomic E-state index is -0.282. The molecule has 0 amide bonds. The predicted molar refractivity (Wildman–Crippen MR) is 61.8 cm³/mol. The molecule has 1 aromatic carbocycles. The van der Waals surface area contributed by atoms with Gasteiger partial charge in [-0.05, 0) is 37.0 Å². The maximum absolute atomic E-state index is 13.1. The summed E-state index contributed by atoms with van der Waals surface area (Å²) >= 11 is 5.79. The van der Waals surface area contributed by atoms with E-state index in [0.29, 0.717) is 17.0 Å². The van der Waals surface area contributed by atoms with Crippen LogP contribution in [-0.4, -0.2) is 6.04 Å². The topological polar surface area (TPSA) is 12.0 Å². The van der Waals surface area contributed by atoms with Crippen molar-refractivity contribution in [3.8, 4) is 0 Å². The molecule has 1 fully saturated rings. The highest BCUT2D eigenvalue weighted by molar-refractivity contribution is 6.30. The van der Waals surface area contributed by atoms with E-state index >= 15 is 0 Å². The SMILES string of the molecule is CC1CCCC1Nc1cc(F)cc(Cl)c1. The molecule has 0 saturated heterocycles. The van der Waals surface area contributed by atoms with E-state index in [1.807, 2.05) is 0 Å². The largest absolute Gasteiger partial charge is 0.382 e. The monoisotopic (exact) mass is 227 g/mol. The van der Waals surface area contributed by atoms with Crippen molar-refractivity contribution in [3.63, 3.8) is 0 Å². The Labute approximate surface area is 94.6 Å². The molecule has 82 valence electrons. The zero-order valence-electron chi connectivity index (χ0n) is 8.76. The van der Waals surface area contributed by atoms with Gasteiger partial charge in [0.1, 0.15) is 5.82 Å². The van der Waals surface area contributed by atoms with Gasteiger partial charge in [0, 0.05) is 16.8 Å². The van der Waals surface area contributed by atoms with E-state index in [4.69, 9.17) is 11.6 Å². The number of halogens is 2. The minimum Gasteiger partial charge on any atom is -0.382 e. The maximum Gasteiger partial charge on any atom is 0.126 e. The molecule has 0 aliphatic heterocycles. The predicted octanol–water partition coefficient (Wildman–Crippen LogP) is 4.08. The summed E-state index contributed by atoms with van der Waals surface area (Å²) in [5, 5.41) is 3.80. The Kier molecular flexibility index (Phi) is 3.15. The minimum absolute atomic E-state index is 0.282. The molecule has 1 saturated carbocycles. The van der Waals surface area contributed by atoms with Crippen LogP contribution in [0, 0.1) is 11.7 Å². The van der Waals surface area contributed by atoms with Crippen LogP contribution in [0.5, 0.6) is 0 Å². The van der Waals surface area contributed by atoms with Gasteiger partial charge in [-0.2, -0.15) is 0 Å². The summed E-state index contributed by atoms with van der Waals surface area (Å²) in [4.78, 5) is 0. The molecule has 0 spiro atoms. The average Bonchev–Trinajstić information content (AvgIpc) is 2.50. The van der Waals surface area contributed by atoms with Crippen molar-refractivity contribution in [1.82, 2.24) is 0 Å². The fourth-order valence-electron chi connectivity index (χ4n) is 2.21. The van der Waals surface area contributed by atoms with Crippen molar-refractivity contribution >= 4 is 17.3 Å². The van der Waals surface area contributed by atoms with Crippen molar-refractivity contribution in [2.75, 3.05) is 5.32 Å². The normalized spacial score (nSPS) is 25.5. The Morgan fingerprint density at radius 1 is 1.33 bits per heavy atom. The molecule has 1 aliphatic carbocycles. The van der Waals surface area contributed by atoms with Crippen molar-refractivity contribution in [3.05, 3.63) is 29.0 Å². The molecule has 1 nitrogen and oxygen atoms in total. The van der Waals surface area contributed by atoms with Gasteiger partial charge in [-0.1, -0.05) is 24.9 Å². The Balaban J connectivity index is 2.10. The summed E-state index contributed by atoms with van der Waals surface area (Å²) in [5.41, 5.74) is 0.791. The standard InChI is InChI=1S/C12H15ClFN/c1-8-3-2-4-12(8)15-11-6-9(13)5-10(14)7-11/h5-8,12,15H,2-4H2,1H3. The number of benzene rings is 1. The molecule has 2 atom stereocenters. The quantitative estimate of drug-likeness (QED) is 0.803. The van der Waals surface area contributed by atoms with E-state index in [9.17, 15) is 4.39 Å². The van der Waals surface area contributed by atoms with Gasteiger partial charge in [-0.15, -0.1) is 0 Å². The number of nitrogens with one attached hydrogen (secondary N) is 1. The van der Waals surface area contributed by atoms with Crippen molar-refractivity contribution in [2.45, 2.75) is 32.2 Å². The lowest BCUT2D eigenvalue weighted by molar-refractivity contribution is 0.555. The van der Waals surface area contributed by atoms with Gasteiger partial charge in [0.05, 0.1) is 0 Å². The average molecular weight is 228 g/mol. The molecule has 0 bridgehead atoms. The second kappa shape index (κ2) is 4.40. The second-order valence-electron chi connectivity index (χ2n) is 4.32. The molecule has 0 aromatic heterocycles. The molecule has 0 heterocycles.